The van der Waals surface area contributed by atoms with E-state index in [0.29, 0.717) is 36.7 Å². The highest BCUT2D eigenvalue weighted by molar-refractivity contribution is 6.01. The molecule has 2 amide bonds. The number of ether oxygens (including phenoxy) is 1. The first kappa shape index (κ1) is 23.5. The van der Waals surface area contributed by atoms with Crippen LogP contribution in [-0.4, -0.2) is 33.0 Å². The zero-order chi connectivity index (χ0) is 24.2. The predicted molar refractivity (Wildman–Crippen MR) is 119 cm³/mol. The van der Waals surface area contributed by atoms with Crippen molar-refractivity contribution in [1.29, 1.82) is 0 Å². The quantitative estimate of drug-likeness (QED) is 0.552. The van der Waals surface area contributed by atoms with E-state index in [1.807, 2.05) is 0 Å². The lowest BCUT2D eigenvalue weighted by atomic mass is 10.0. The minimum absolute atomic E-state index is 0.164. The molecule has 2 N–H and O–H groups in total. The van der Waals surface area contributed by atoms with Crippen LogP contribution in [0.25, 0.3) is 0 Å². The summed E-state index contributed by atoms with van der Waals surface area (Å²) in [5, 5.41) is 5.69. The molecule has 0 fully saturated rings. The Bertz CT molecular complexity index is 1200. The molecular weight excluding hydrogens is 444 g/mol. The second kappa shape index (κ2) is 10.1. The Morgan fingerprint density at radius 2 is 2.00 bits per heavy atom. The Hall–Kier alpha value is -3.66. The molecule has 1 aliphatic heterocycles. The number of aromatic nitrogens is 3. The highest BCUT2D eigenvalue weighted by Crippen LogP contribution is 2.25. The van der Waals surface area contributed by atoms with Gasteiger partial charge in [0.2, 0.25) is 0 Å². The maximum Gasteiger partial charge on any atom is 0.268 e. The van der Waals surface area contributed by atoms with E-state index >= 15 is 0 Å². The van der Waals surface area contributed by atoms with Crippen molar-refractivity contribution in [2.45, 2.75) is 45.5 Å². The fourth-order valence-electron chi connectivity index (χ4n) is 4.01. The van der Waals surface area contributed by atoms with Crippen LogP contribution in [0.4, 0.5) is 8.78 Å². The third-order valence-corrected chi connectivity index (χ3v) is 5.81. The van der Waals surface area contributed by atoms with Gasteiger partial charge in [0.05, 0.1) is 48.4 Å². The van der Waals surface area contributed by atoms with Gasteiger partial charge in [-0.15, -0.1) is 0 Å². The molecule has 0 saturated carbocycles. The number of amides is 2. The van der Waals surface area contributed by atoms with Crippen LogP contribution in [0.1, 0.15) is 70.1 Å². The maximum atomic E-state index is 14.3. The van der Waals surface area contributed by atoms with Gasteiger partial charge in [-0.3, -0.25) is 19.6 Å². The number of halogens is 2. The van der Waals surface area contributed by atoms with E-state index in [-0.39, 0.29) is 23.6 Å². The largest absolute Gasteiger partial charge is 0.373 e. The monoisotopic (exact) mass is 469 g/mol. The van der Waals surface area contributed by atoms with Gasteiger partial charge in [-0.2, -0.15) is 0 Å². The van der Waals surface area contributed by atoms with Crippen LogP contribution >= 0.6 is 0 Å². The number of benzene rings is 1. The Balaban J connectivity index is 1.58. The van der Waals surface area contributed by atoms with E-state index in [9.17, 15) is 18.4 Å². The summed E-state index contributed by atoms with van der Waals surface area (Å²) in [4.78, 5) is 34.5. The number of nitrogens with one attached hydrogen (secondary N) is 2. The van der Waals surface area contributed by atoms with E-state index in [1.54, 1.807) is 37.0 Å². The van der Waals surface area contributed by atoms with Crippen LogP contribution in [0.3, 0.4) is 0 Å². The van der Waals surface area contributed by atoms with Crippen molar-refractivity contribution < 1.29 is 23.1 Å². The van der Waals surface area contributed by atoms with Gasteiger partial charge in [0.15, 0.2) is 0 Å². The standard InChI is InChI=1S/C24H25F2N5O3/c1-3-19(16-5-4-15(25)10-18(16)26)30-23(32)17-11-21(31-8-9-34-13-22(17)31)24(33)29-14(2)20-12-27-6-7-28-20/h4-7,10-12,14,19H,3,8-9,13H2,1-2H3,(H,29,33)(H,30,32)/t14-,19+/m0/s1. The van der Waals surface area contributed by atoms with Crippen LogP contribution in [0.2, 0.25) is 0 Å². The molecule has 0 aliphatic carbocycles. The van der Waals surface area contributed by atoms with Crippen molar-refractivity contribution >= 4 is 11.8 Å². The predicted octanol–water partition coefficient (Wildman–Crippen LogP) is 3.46. The number of fused-ring (bicyclic) bond motifs is 1. The number of nitrogens with zero attached hydrogens (tertiary/aromatic N) is 3. The van der Waals surface area contributed by atoms with Crippen LogP contribution in [0.15, 0.2) is 42.9 Å². The molecule has 2 aromatic heterocycles. The molecule has 10 heteroatoms. The Morgan fingerprint density at radius 1 is 1.18 bits per heavy atom. The molecule has 4 rings (SSSR count). The van der Waals surface area contributed by atoms with Gasteiger partial charge in [-0.1, -0.05) is 13.0 Å². The van der Waals surface area contributed by atoms with Gasteiger partial charge in [0.25, 0.3) is 11.8 Å². The fraction of sp³-hybridized carbons (Fsp3) is 0.333. The lowest BCUT2D eigenvalue weighted by molar-refractivity contribution is 0.0774. The molecule has 178 valence electrons. The average molecular weight is 469 g/mol. The highest BCUT2D eigenvalue weighted by atomic mass is 19.1. The smallest absolute Gasteiger partial charge is 0.268 e. The molecule has 8 nitrogen and oxygen atoms in total. The first-order valence-electron chi connectivity index (χ1n) is 11.0. The van der Waals surface area contributed by atoms with Gasteiger partial charge in [0, 0.05) is 30.6 Å². The number of carbonyl (C=O) groups is 2. The summed E-state index contributed by atoms with van der Waals surface area (Å²) in [6.07, 6.45) is 5.06. The van der Waals surface area contributed by atoms with E-state index in [2.05, 4.69) is 20.6 Å². The van der Waals surface area contributed by atoms with Crippen molar-refractivity contribution in [3.63, 3.8) is 0 Å². The van der Waals surface area contributed by atoms with Crippen molar-refractivity contribution in [2.24, 2.45) is 0 Å². The second-order valence-electron chi connectivity index (χ2n) is 8.02. The number of hydrogen-bond donors (Lipinski definition) is 2. The van der Waals surface area contributed by atoms with Crippen LogP contribution in [-0.2, 0) is 17.9 Å². The molecular formula is C24H25F2N5O3. The third kappa shape index (κ3) is 4.81. The molecule has 0 radical (unpaired) electrons. The minimum Gasteiger partial charge on any atom is -0.373 e. The normalized spacial score (nSPS) is 14.7. The second-order valence-corrected chi connectivity index (χ2v) is 8.02. The van der Waals surface area contributed by atoms with Crippen molar-refractivity contribution in [1.82, 2.24) is 25.2 Å². The van der Waals surface area contributed by atoms with Crippen molar-refractivity contribution in [3.8, 4) is 0 Å². The fourth-order valence-corrected chi connectivity index (χ4v) is 4.01. The summed E-state index contributed by atoms with van der Waals surface area (Å²) >= 11 is 0. The van der Waals surface area contributed by atoms with Crippen molar-refractivity contribution in [2.75, 3.05) is 6.61 Å². The third-order valence-electron chi connectivity index (χ3n) is 5.81. The van der Waals surface area contributed by atoms with Crippen molar-refractivity contribution in [3.05, 3.63) is 82.7 Å². The molecule has 0 spiro atoms. The van der Waals surface area contributed by atoms with E-state index in [4.69, 9.17) is 4.74 Å². The summed E-state index contributed by atoms with van der Waals surface area (Å²) in [7, 11) is 0. The molecule has 3 heterocycles. The molecule has 0 saturated heterocycles. The first-order chi connectivity index (χ1) is 16.4. The minimum atomic E-state index is -0.729. The zero-order valence-electron chi connectivity index (χ0n) is 18.8. The lowest BCUT2D eigenvalue weighted by Gasteiger charge is -2.21. The maximum absolute atomic E-state index is 14.3. The topological polar surface area (TPSA) is 98.1 Å². The summed E-state index contributed by atoms with van der Waals surface area (Å²) in [6, 6.07) is 3.73. The number of rotatable bonds is 7. The van der Waals surface area contributed by atoms with Gasteiger partial charge in [0.1, 0.15) is 17.3 Å². The SMILES string of the molecule is CC[C@@H](NC(=O)c1cc(C(=O)N[C@@H](C)c2cnccn2)n2c1COCC2)c1ccc(F)cc1F. The van der Waals surface area contributed by atoms with Gasteiger partial charge in [-0.25, -0.2) is 8.78 Å². The molecule has 0 unspecified atom stereocenters. The number of hydrogen-bond acceptors (Lipinski definition) is 5. The van der Waals surface area contributed by atoms with E-state index in [0.717, 1.165) is 12.1 Å². The Labute approximate surface area is 195 Å². The summed E-state index contributed by atoms with van der Waals surface area (Å²) < 4.78 is 34.9. The molecule has 34 heavy (non-hydrogen) atoms. The lowest BCUT2D eigenvalue weighted by Crippen LogP contribution is -2.31. The molecule has 2 atom stereocenters. The highest BCUT2D eigenvalue weighted by Gasteiger charge is 2.28. The van der Waals surface area contributed by atoms with Gasteiger partial charge >= 0.3 is 0 Å². The van der Waals surface area contributed by atoms with Gasteiger partial charge in [-0.05, 0) is 25.5 Å². The summed E-state index contributed by atoms with van der Waals surface area (Å²) in [6.45, 7) is 4.56. The Morgan fingerprint density at radius 3 is 2.71 bits per heavy atom. The molecule has 1 aliphatic rings. The van der Waals surface area contributed by atoms with E-state index < -0.39 is 29.6 Å². The first-order valence-corrected chi connectivity index (χ1v) is 11.0. The molecule has 3 aromatic rings. The van der Waals surface area contributed by atoms with Crippen LogP contribution in [0.5, 0.6) is 0 Å². The number of carbonyl (C=O) groups excluding carboxylic acids is 2. The van der Waals surface area contributed by atoms with Crippen LogP contribution < -0.4 is 10.6 Å². The molecule has 1 aromatic carbocycles. The Kier molecular flexibility index (Phi) is 6.97. The van der Waals surface area contributed by atoms with Gasteiger partial charge < -0.3 is 19.9 Å². The summed E-state index contributed by atoms with van der Waals surface area (Å²) in [5.74, 6) is -2.25. The molecule has 0 bridgehead atoms. The summed E-state index contributed by atoms with van der Waals surface area (Å²) in [5.41, 5.74) is 1.96. The zero-order valence-corrected chi connectivity index (χ0v) is 18.8. The average Bonchev–Trinajstić information content (AvgIpc) is 3.23. The van der Waals surface area contributed by atoms with E-state index in [1.165, 1.54) is 12.1 Å². The van der Waals surface area contributed by atoms with Crippen LogP contribution in [0, 0.1) is 11.6 Å².